The third-order valence-corrected chi connectivity index (χ3v) is 4.67. The number of hydrogen-bond donors (Lipinski definition) is 0. The Hall–Kier alpha value is -0.330. The lowest BCUT2D eigenvalue weighted by Crippen LogP contribution is -2.25. The smallest absolute Gasteiger partial charge is 0.133 e. The summed E-state index contributed by atoms with van der Waals surface area (Å²) in [4.78, 5) is 11.3. The van der Waals surface area contributed by atoms with Crippen molar-refractivity contribution in [2.45, 2.75) is 44.9 Å². The molecule has 4 atom stereocenters. The minimum absolute atomic E-state index is 0.551. The van der Waals surface area contributed by atoms with Gasteiger partial charge in [-0.3, -0.25) is 4.79 Å². The summed E-state index contributed by atoms with van der Waals surface area (Å²) in [5.74, 6) is 4.16. The van der Waals surface area contributed by atoms with Crippen molar-refractivity contribution in [1.82, 2.24) is 0 Å². The van der Waals surface area contributed by atoms with Gasteiger partial charge in [0.25, 0.3) is 0 Å². The molecule has 72 valence electrons. The highest BCUT2D eigenvalue weighted by atomic mass is 16.1. The van der Waals surface area contributed by atoms with E-state index in [0.29, 0.717) is 5.78 Å². The molecule has 3 aliphatic rings. The van der Waals surface area contributed by atoms with Crippen LogP contribution in [0.3, 0.4) is 0 Å². The Morgan fingerprint density at radius 3 is 1.92 bits per heavy atom. The molecular weight excluding hydrogens is 160 g/mol. The Morgan fingerprint density at radius 2 is 1.38 bits per heavy atom. The van der Waals surface area contributed by atoms with Crippen LogP contribution in [0.4, 0.5) is 0 Å². The van der Waals surface area contributed by atoms with Crippen LogP contribution in [0.5, 0.6) is 0 Å². The molecule has 0 N–H and O–H groups in total. The van der Waals surface area contributed by atoms with Crippen molar-refractivity contribution in [3.63, 3.8) is 0 Å². The van der Waals surface area contributed by atoms with E-state index in [0.717, 1.165) is 36.5 Å². The predicted octanol–water partition coefficient (Wildman–Crippen LogP) is 2.79. The summed E-state index contributed by atoms with van der Waals surface area (Å²) in [6.45, 7) is 0. The van der Waals surface area contributed by atoms with E-state index in [1.165, 1.54) is 32.1 Å². The highest BCUT2D eigenvalue weighted by Gasteiger charge is 2.43. The number of hydrogen-bond acceptors (Lipinski definition) is 1. The lowest BCUT2D eigenvalue weighted by molar-refractivity contribution is -0.117. The van der Waals surface area contributed by atoms with Crippen molar-refractivity contribution in [1.29, 1.82) is 0 Å². The molecule has 0 amide bonds. The largest absolute Gasteiger partial charge is 0.300 e. The quantitative estimate of drug-likeness (QED) is 0.557. The molecule has 0 radical (unpaired) electrons. The minimum atomic E-state index is 0.551. The van der Waals surface area contributed by atoms with Gasteiger partial charge in [-0.2, -0.15) is 0 Å². The van der Waals surface area contributed by atoms with E-state index in [1.54, 1.807) is 0 Å². The van der Waals surface area contributed by atoms with E-state index >= 15 is 0 Å². The second kappa shape index (κ2) is 2.83. The van der Waals surface area contributed by atoms with Crippen LogP contribution in [0.15, 0.2) is 0 Å². The molecule has 0 spiro atoms. The van der Waals surface area contributed by atoms with Crippen LogP contribution < -0.4 is 0 Å². The number of ketones is 1. The molecule has 3 fully saturated rings. The Bertz CT molecular complexity index is 211. The predicted molar refractivity (Wildman–Crippen MR) is 51.3 cm³/mol. The van der Waals surface area contributed by atoms with Crippen LogP contribution in [0.2, 0.25) is 0 Å². The van der Waals surface area contributed by atoms with E-state index in [2.05, 4.69) is 0 Å². The minimum Gasteiger partial charge on any atom is -0.300 e. The summed E-state index contributed by atoms with van der Waals surface area (Å²) in [5.41, 5.74) is 0. The molecule has 1 heteroatoms. The van der Waals surface area contributed by atoms with Gasteiger partial charge in [0.15, 0.2) is 0 Å². The normalized spacial score (nSPS) is 49.1. The number of carbonyl (C=O) groups is 1. The zero-order valence-corrected chi connectivity index (χ0v) is 8.17. The summed E-state index contributed by atoms with van der Waals surface area (Å²) in [7, 11) is 0. The van der Waals surface area contributed by atoms with Gasteiger partial charge in [0.1, 0.15) is 5.78 Å². The molecule has 0 aromatic rings. The van der Waals surface area contributed by atoms with Gasteiger partial charge < -0.3 is 0 Å². The summed E-state index contributed by atoms with van der Waals surface area (Å²) in [5, 5.41) is 0. The number of rotatable bonds is 0. The molecule has 0 aromatic heterocycles. The Balaban J connectivity index is 1.76. The molecule has 0 bridgehead atoms. The Morgan fingerprint density at radius 1 is 0.846 bits per heavy atom. The second-order valence-corrected chi connectivity index (χ2v) is 5.39. The van der Waals surface area contributed by atoms with Crippen LogP contribution in [0.25, 0.3) is 0 Å². The van der Waals surface area contributed by atoms with Crippen molar-refractivity contribution < 1.29 is 4.79 Å². The fourth-order valence-electron chi connectivity index (χ4n) is 4.07. The highest BCUT2D eigenvalue weighted by molar-refractivity contribution is 5.81. The SMILES string of the molecule is O=C1CC2CC3CCCC3CC2C1. The van der Waals surface area contributed by atoms with Crippen molar-refractivity contribution in [3.05, 3.63) is 0 Å². The maximum atomic E-state index is 11.3. The number of fused-ring (bicyclic) bond motifs is 2. The van der Waals surface area contributed by atoms with Crippen molar-refractivity contribution >= 4 is 5.78 Å². The van der Waals surface area contributed by atoms with Gasteiger partial charge in [0, 0.05) is 12.8 Å². The molecule has 0 heterocycles. The molecule has 4 unspecified atom stereocenters. The van der Waals surface area contributed by atoms with Crippen molar-refractivity contribution in [2.75, 3.05) is 0 Å². The number of Topliss-reactive ketones (excluding diaryl/α,β-unsaturated/α-hetero) is 1. The summed E-state index contributed by atoms with van der Waals surface area (Å²) < 4.78 is 0. The average molecular weight is 178 g/mol. The average Bonchev–Trinajstić information content (AvgIpc) is 2.63. The third kappa shape index (κ3) is 1.24. The molecule has 0 aliphatic heterocycles. The monoisotopic (exact) mass is 178 g/mol. The molecule has 0 saturated heterocycles. The van der Waals surface area contributed by atoms with Crippen molar-refractivity contribution in [2.24, 2.45) is 23.7 Å². The fourth-order valence-corrected chi connectivity index (χ4v) is 4.07. The zero-order chi connectivity index (χ0) is 8.84. The first kappa shape index (κ1) is 8.02. The van der Waals surface area contributed by atoms with Crippen LogP contribution in [0.1, 0.15) is 44.9 Å². The first-order chi connectivity index (χ1) is 6.33. The molecular formula is C12H18O. The van der Waals surface area contributed by atoms with Gasteiger partial charge in [-0.25, -0.2) is 0 Å². The van der Waals surface area contributed by atoms with E-state index in [4.69, 9.17) is 0 Å². The lowest BCUT2D eigenvalue weighted by Gasteiger charge is -2.34. The van der Waals surface area contributed by atoms with E-state index < -0.39 is 0 Å². The maximum absolute atomic E-state index is 11.3. The van der Waals surface area contributed by atoms with Gasteiger partial charge in [0.2, 0.25) is 0 Å². The van der Waals surface area contributed by atoms with Gasteiger partial charge in [-0.05, 0) is 36.5 Å². The van der Waals surface area contributed by atoms with E-state index in [-0.39, 0.29) is 0 Å². The summed E-state index contributed by atoms with van der Waals surface area (Å²) >= 11 is 0. The lowest BCUT2D eigenvalue weighted by atomic mass is 9.71. The highest BCUT2D eigenvalue weighted by Crippen LogP contribution is 2.51. The zero-order valence-electron chi connectivity index (χ0n) is 8.17. The van der Waals surface area contributed by atoms with Crippen LogP contribution in [-0.4, -0.2) is 5.78 Å². The maximum Gasteiger partial charge on any atom is 0.133 e. The molecule has 3 saturated carbocycles. The van der Waals surface area contributed by atoms with E-state index in [1.807, 2.05) is 0 Å². The fraction of sp³-hybridized carbons (Fsp3) is 0.917. The summed E-state index contributed by atoms with van der Waals surface area (Å²) in [6.07, 6.45) is 9.01. The van der Waals surface area contributed by atoms with E-state index in [9.17, 15) is 4.79 Å². The van der Waals surface area contributed by atoms with Gasteiger partial charge in [-0.1, -0.05) is 19.3 Å². The number of carbonyl (C=O) groups excluding carboxylic acids is 1. The Labute approximate surface area is 79.9 Å². The molecule has 3 rings (SSSR count). The van der Waals surface area contributed by atoms with Gasteiger partial charge in [-0.15, -0.1) is 0 Å². The van der Waals surface area contributed by atoms with Crippen LogP contribution >= 0.6 is 0 Å². The first-order valence-electron chi connectivity index (χ1n) is 5.84. The third-order valence-electron chi connectivity index (χ3n) is 4.67. The topological polar surface area (TPSA) is 17.1 Å². The molecule has 1 nitrogen and oxygen atoms in total. The van der Waals surface area contributed by atoms with Crippen LogP contribution in [-0.2, 0) is 4.79 Å². The second-order valence-electron chi connectivity index (χ2n) is 5.39. The Kier molecular flexibility index (Phi) is 1.75. The molecule has 0 aromatic carbocycles. The molecule has 13 heavy (non-hydrogen) atoms. The van der Waals surface area contributed by atoms with Gasteiger partial charge >= 0.3 is 0 Å². The first-order valence-corrected chi connectivity index (χ1v) is 5.84. The summed E-state index contributed by atoms with van der Waals surface area (Å²) in [6, 6.07) is 0. The standard InChI is InChI=1S/C12H18O/c13-12-6-10-4-8-2-1-3-9(8)5-11(10)7-12/h8-11H,1-7H2. The van der Waals surface area contributed by atoms with Crippen molar-refractivity contribution in [3.8, 4) is 0 Å². The van der Waals surface area contributed by atoms with Crippen LogP contribution in [0, 0.1) is 23.7 Å². The molecule has 3 aliphatic carbocycles. The van der Waals surface area contributed by atoms with Gasteiger partial charge in [0.05, 0.1) is 0 Å².